The van der Waals surface area contributed by atoms with Crippen LogP contribution in [0.3, 0.4) is 0 Å². The van der Waals surface area contributed by atoms with E-state index in [0.29, 0.717) is 6.42 Å². The van der Waals surface area contributed by atoms with Gasteiger partial charge in [0.15, 0.2) is 6.10 Å². The summed E-state index contributed by atoms with van der Waals surface area (Å²) in [4.78, 5) is 16.5. The molecule has 1 atom stereocenters. The fraction of sp³-hybridized carbons (Fsp3) is 0.643. The largest absolute Gasteiger partial charge is 0.481 e. The molecule has 0 saturated heterocycles. The number of ether oxygens (including phenoxy) is 1. The van der Waals surface area contributed by atoms with Gasteiger partial charge in [0.1, 0.15) is 12.1 Å². The Morgan fingerprint density at radius 2 is 1.53 bits per heavy atom. The highest BCUT2D eigenvalue weighted by molar-refractivity contribution is 5.83. The van der Waals surface area contributed by atoms with Gasteiger partial charge in [0, 0.05) is 12.4 Å². The first-order chi connectivity index (χ1) is 15.7. The highest BCUT2D eigenvalue weighted by atomic mass is 16.5. The van der Waals surface area contributed by atoms with Crippen molar-refractivity contribution in [3.05, 3.63) is 48.5 Å². The average molecular weight is 441 g/mol. The van der Waals surface area contributed by atoms with E-state index in [-0.39, 0.29) is 5.91 Å². The van der Waals surface area contributed by atoms with Crippen LogP contribution in [-0.4, -0.2) is 21.6 Å². The van der Waals surface area contributed by atoms with Gasteiger partial charge in [0.25, 0.3) is 5.91 Å². The van der Waals surface area contributed by atoms with Crippen molar-refractivity contribution in [1.82, 2.24) is 9.55 Å². The Bertz CT molecular complexity index is 727. The maximum atomic E-state index is 12.5. The molecule has 1 heterocycles. The lowest BCUT2D eigenvalue weighted by molar-refractivity contribution is 0.0694. The lowest BCUT2D eigenvalue weighted by Gasteiger charge is -2.17. The molecule has 0 amide bonds. The molecule has 1 unspecified atom stereocenters. The lowest BCUT2D eigenvalue weighted by atomic mass is 10.0. The number of carbonyl (C=O) groups excluding carboxylic acids is 1. The summed E-state index contributed by atoms with van der Waals surface area (Å²) in [7, 11) is 0. The fourth-order valence-corrected chi connectivity index (χ4v) is 4.15. The number of rotatable bonds is 18. The van der Waals surface area contributed by atoms with Gasteiger partial charge in [-0.3, -0.25) is 9.36 Å². The summed E-state index contributed by atoms with van der Waals surface area (Å²) in [6, 6.07) is 8.22. The summed E-state index contributed by atoms with van der Waals surface area (Å²) in [6.45, 7) is 4.25. The predicted molar refractivity (Wildman–Crippen MR) is 133 cm³/mol. The molecule has 1 aromatic heterocycles. The Labute approximate surface area is 195 Å². The molecule has 0 aliphatic rings. The Hall–Kier alpha value is -2.10. The van der Waals surface area contributed by atoms with Gasteiger partial charge >= 0.3 is 0 Å². The van der Waals surface area contributed by atoms with Crippen molar-refractivity contribution in [3.63, 3.8) is 0 Å². The molecule has 0 radical (unpaired) electrons. The van der Waals surface area contributed by atoms with Gasteiger partial charge in [-0.2, -0.15) is 0 Å². The normalized spacial score (nSPS) is 12.1. The lowest BCUT2D eigenvalue weighted by Crippen LogP contribution is -2.30. The molecule has 178 valence electrons. The zero-order valence-corrected chi connectivity index (χ0v) is 20.4. The molecule has 1 aromatic carbocycles. The second-order valence-electron chi connectivity index (χ2n) is 8.96. The van der Waals surface area contributed by atoms with Crippen LogP contribution in [0.25, 0.3) is 0 Å². The third kappa shape index (κ3) is 10.5. The molecule has 4 nitrogen and oxygen atoms in total. The maximum absolute atomic E-state index is 12.5. The van der Waals surface area contributed by atoms with E-state index in [2.05, 4.69) is 24.0 Å². The first-order valence-electron chi connectivity index (χ1n) is 13.0. The summed E-state index contributed by atoms with van der Waals surface area (Å²) in [5, 5.41) is 0. The minimum absolute atomic E-state index is 0.0769. The molecule has 2 rings (SSSR count). The number of hydrogen-bond donors (Lipinski definition) is 0. The van der Waals surface area contributed by atoms with Crippen LogP contribution in [-0.2, 0) is 6.42 Å². The highest BCUT2D eigenvalue weighted by Crippen LogP contribution is 2.19. The van der Waals surface area contributed by atoms with Crippen molar-refractivity contribution in [2.45, 2.75) is 116 Å². The quantitative estimate of drug-likeness (QED) is 0.220. The van der Waals surface area contributed by atoms with Crippen molar-refractivity contribution in [1.29, 1.82) is 0 Å². The summed E-state index contributed by atoms with van der Waals surface area (Å²) in [6.07, 6.45) is 23.9. The zero-order chi connectivity index (χ0) is 22.9. The van der Waals surface area contributed by atoms with Crippen LogP contribution in [0.15, 0.2) is 43.0 Å². The van der Waals surface area contributed by atoms with Crippen LogP contribution in [0, 0.1) is 0 Å². The molecule has 0 aliphatic heterocycles. The minimum atomic E-state index is -0.490. The summed E-state index contributed by atoms with van der Waals surface area (Å²) in [5.74, 6) is 0.699. The number of benzene rings is 1. The smallest absolute Gasteiger partial charge is 0.272 e. The summed E-state index contributed by atoms with van der Waals surface area (Å²) < 4.78 is 7.50. The number of hydrogen-bond acceptors (Lipinski definition) is 3. The van der Waals surface area contributed by atoms with E-state index in [9.17, 15) is 4.79 Å². The zero-order valence-electron chi connectivity index (χ0n) is 20.4. The minimum Gasteiger partial charge on any atom is -0.481 e. The first kappa shape index (κ1) is 26.2. The highest BCUT2D eigenvalue weighted by Gasteiger charge is 2.19. The van der Waals surface area contributed by atoms with Crippen LogP contribution in [0.5, 0.6) is 5.75 Å². The monoisotopic (exact) mass is 440 g/mol. The van der Waals surface area contributed by atoms with Crippen molar-refractivity contribution in [2.24, 2.45) is 0 Å². The Morgan fingerprint density at radius 3 is 2.09 bits per heavy atom. The first-order valence-corrected chi connectivity index (χ1v) is 13.0. The van der Waals surface area contributed by atoms with Gasteiger partial charge in [-0.1, -0.05) is 103 Å². The molecule has 0 bridgehead atoms. The standard InChI is InChI=1S/C28H44N2O2/c1-3-5-6-7-8-9-10-11-12-13-14-15-16-18-25-19-17-20-26(23-25)32-27(4-2)28(31)30-22-21-29-24-30/h17,19-24,27H,3-16,18H2,1-2H3. The Morgan fingerprint density at radius 1 is 0.906 bits per heavy atom. The van der Waals surface area contributed by atoms with Crippen molar-refractivity contribution in [2.75, 3.05) is 0 Å². The molecule has 4 heteroatoms. The van der Waals surface area contributed by atoms with Gasteiger partial charge in [-0.25, -0.2) is 4.98 Å². The molecule has 32 heavy (non-hydrogen) atoms. The second kappa shape index (κ2) is 16.5. The molecule has 0 saturated carbocycles. The Balaban J connectivity index is 1.57. The van der Waals surface area contributed by atoms with E-state index >= 15 is 0 Å². The summed E-state index contributed by atoms with van der Waals surface area (Å²) in [5.41, 5.74) is 1.29. The predicted octanol–water partition coefficient (Wildman–Crippen LogP) is 8.01. The number of imidazole rings is 1. The SMILES string of the molecule is CCCCCCCCCCCCCCCc1cccc(OC(CC)C(=O)n2ccnc2)c1. The number of unbranched alkanes of at least 4 members (excludes halogenated alkanes) is 12. The van der Waals surface area contributed by atoms with Crippen LogP contribution in [0.4, 0.5) is 0 Å². The van der Waals surface area contributed by atoms with E-state index in [1.54, 1.807) is 12.4 Å². The third-order valence-corrected chi connectivity index (χ3v) is 6.15. The molecular weight excluding hydrogens is 396 g/mol. The molecule has 0 N–H and O–H groups in total. The van der Waals surface area contributed by atoms with Gasteiger partial charge in [-0.15, -0.1) is 0 Å². The van der Waals surface area contributed by atoms with Crippen molar-refractivity contribution < 1.29 is 9.53 Å². The maximum Gasteiger partial charge on any atom is 0.272 e. The number of carbonyl (C=O) groups is 1. The van der Waals surface area contributed by atoms with Crippen LogP contribution in [0.1, 0.15) is 114 Å². The van der Waals surface area contributed by atoms with Crippen molar-refractivity contribution >= 4 is 5.91 Å². The number of nitrogens with zero attached hydrogens (tertiary/aromatic N) is 2. The molecule has 0 fully saturated rings. The summed E-state index contributed by atoms with van der Waals surface area (Å²) >= 11 is 0. The Kier molecular flexibility index (Phi) is 13.5. The molecule has 0 aliphatic carbocycles. The van der Waals surface area contributed by atoms with E-state index < -0.39 is 6.10 Å². The number of aryl methyl sites for hydroxylation is 1. The van der Waals surface area contributed by atoms with Crippen molar-refractivity contribution in [3.8, 4) is 5.75 Å². The van der Waals surface area contributed by atoms with E-state index in [1.807, 2.05) is 19.1 Å². The van der Waals surface area contributed by atoms with Crippen LogP contribution in [0.2, 0.25) is 0 Å². The van der Waals surface area contributed by atoms with Gasteiger partial charge in [-0.05, 0) is 37.0 Å². The molecule has 2 aromatic rings. The van der Waals surface area contributed by atoms with Crippen LogP contribution >= 0.6 is 0 Å². The molecule has 0 spiro atoms. The van der Waals surface area contributed by atoms with E-state index in [0.717, 1.165) is 12.2 Å². The topological polar surface area (TPSA) is 44.1 Å². The second-order valence-corrected chi connectivity index (χ2v) is 8.96. The average Bonchev–Trinajstić information content (AvgIpc) is 3.35. The van der Waals surface area contributed by atoms with Gasteiger partial charge in [0.05, 0.1) is 0 Å². The van der Waals surface area contributed by atoms with E-state index in [1.165, 1.54) is 99.9 Å². The number of aromatic nitrogens is 2. The van der Waals surface area contributed by atoms with Gasteiger partial charge < -0.3 is 4.74 Å². The fourth-order valence-electron chi connectivity index (χ4n) is 4.15. The van der Waals surface area contributed by atoms with Gasteiger partial charge in [0.2, 0.25) is 0 Å². The van der Waals surface area contributed by atoms with E-state index in [4.69, 9.17) is 4.74 Å². The van der Waals surface area contributed by atoms with Crippen LogP contribution < -0.4 is 4.74 Å². The molecular formula is C28H44N2O2. The third-order valence-electron chi connectivity index (χ3n) is 6.15.